The number of phenolic OH excluding ortho intramolecular Hbond substituents is 2. The standard InChI is InChI=1S/C31H25BrClNO7/c1-41-24-11-15(10-22(33)29(24)38)25-17-6-7-18-26(19(17)12-20-27(25)23(36)13-21(32)28(20)37)31(40)34(30(18)39)9-8-14-2-4-16(35)5-3-14/h2-6,10-11,13,18-19,25-26,35,38H,7-9,12H2,1H3. The first-order valence-electron chi connectivity index (χ1n) is 13.2. The van der Waals surface area contributed by atoms with Crippen LogP contribution in [0.4, 0.5) is 0 Å². The van der Waals surface area contributed by atoms with Crippen molar-refractivity contribution in [1.29, 1.82) is 0 Å². The maximum atomic E-state index is 13.9. The number of ether oxygens (including phenoxy) is 1. The molecule has 2 aromatic rings. The van der Waals surface area contributed by atoms with Crippen molar-refractivity contribution in [2.24, 2.45) is 17.8 Å². The summed E-state index contributed by atoms with van der Waals surface area (Å²) in [6, 6.07) is 9.75. The molecule has 41 heavy (non-hydrogen) atoms. The van der Waals surface area contributed by atoms with Crippen LogP contribution in [0.5, 0.6) is 17.2 Å². The van der Waals surface area contributed by atoms with Crippen LogP contribution < -0.4 is 4.74 Å². The predicted octanol–water partition coefficient (Wildman–Crippen LogP) is 4.76. The second kappa shape index (κ2) is 10.3. The molecule has 0 saturated carbocycles. The summed E-state index contributed by atoms with van der Waals surface area (Å²) in [6.45, 7) is 0.200. The molecule has 3 aliphatic carbocycles. The van der Waals surface area contributed by atoms with E-state index < -0.39 is 23.7 Å². The van der Waals surface area contributed by atoms with E-state index in [1.54, 1.807) is 36.4 Å². The van der Waals surface area contributed by atoms with Crippen LogP contribution in [0.25, 0.3) is 0 Å². The number of likely N-dealkylation sites (tertiary alicyclic amines) is 1. The van der Waals surface area contributed by atoms with Gasteiger partial charge in [0.15, 0.2) is 23.1 Å². The zero-order valence-corrected chi connectivity index (χ0v) is 24.2. The third-order valence-electron chi connectivity index (χ3n) is 8.59. The number of ketones is 2. The highest BCUT2D eigenvalue weighted by Gasteiger charge is 2.56. The third-order valence-corrected chi connectivity index (χ3v) is 9.46. The number of fused-ring (bicyclic) bond motifs is 3. The highest BCUT2D eigenvalue weighted by molar-refractivity contribution is 9.12. The van der Waals surface area contributed by atoms with E-state index in [0.29, 0.717) is 29.6 Å². The number of methoxy groups -OCH3 is 1. The molecule has 0 spiro atoms. The molecule has 4 unspecified atom stereocenters. The number of carbonyl (C=O) groups excluding carboxylic acids is 4. The Balaban J connectivity index is 1.40. The van der Waals surface area contributed by atoms with E-state index in [2.05, 4.69) is 15.9 Å². The molecule has 0 aromatic heterocycles. The molecule has 10 heteroatoms. The van der Waals surface area contributed by atoms with Gasteiger partial charge in [-0.2, -0.15) is 0 Å². The molecule has 2 amide bonds. The number of halogens is 2. The van der Waals surface area contributed by atoms with Gasteiger partial charge in [0.1, 0.15) is 5.75 Å². The minimum absolute atomic E-state index is 0.0248. The Hall–Kier alpha value is -3.69. The largest absolute Gasteiger partial charge is 0.508 e. The van der Waals surface area contributed by atoms with Gasteiger partial charge < -0.3 is 14.9 Å². The van der Waals surface area contributed by atoms with Gasteiger partial charge in [0.05, 0.1) is 28.5 Å². The Bertz CT molecular complexity index is 1620. The van der Waals surface area contributed by atoms with Crippen molar-refractivity contribution in [3.8, 4) is 17.2 Å². The molecule has 4 aliphatic rings. The van der Waals surface area contributed by atoms with E-state index in [4.69, 9.17) is 16.3 Å². The lowest BCUT2D eigenvalue weighted by Crippen LogP contribution is -2.39. The number of hydrogen-bond donors (Lipinski definition) is 2. The van der Waals surface area contributed by atoms with E-state index in [-0.39, 0.29) is 63.1 Å². The van der Waals surface area contributed by atoms with Crippen LogP contribution in [0.2, 0.25) is 5.02 Å². The lowest BCUT2D eigenvalue weighted by Gasteiger charge is -2.42. The molecule has 1 saturated heterocycles. The van der Waals surface area contributed by atoms with E-state index in [1.165, 1.54) is 18.1 Å². The van der Waals surface area contributed by atoms with Crippen molar-refractivity contribution in [2.75, 3.05) is 13.7 Å². The first-order valence-corrected chi connectivity index (χ1v) is 14.4. The van der Waals surface area contributed by atoms with Gasteiger partial charge in [0, 0.05) is 29.7 Å². The van der Waals surface area contributed by atoms with Crippen molar-refractivity contribution in [1.82, 2.24) is 4.90 Å². The normalized spacial score (nSPS) is 25.5. The van der Waals surface area contributed by atoms with Gasteiger partial charge in [-0.25, -0.2) is 0 Å². The summed E-state index contributed by atoms with van der Waals surface area (Å²) in [5, 5.41) is 19.9. The van der Waals surface area contributed by atoms with E-state index in [9.17, 15) is 29.4 Å². The minimum atomic E-state index is -0.709. The second-order valence-corrected chi connectivity index (χ2v) is 12.0. The molecular weight excluding hydrogens is 614 g/mol. The summed E-state index contributed by atoms with van der Waals surface area (Å²) < 4.78 is 5.46. The van der Waals surface area contributed by atoms with Gasteiger partial charge in [0.25, 0.3) is 0 Å². The fourth-order valence-electron chi connectivity index (χ4n) is 6.69. The van der Waals surface area contributed by atoms with Crippen molar-refractivity contribution >= 4 is 50.9 Å². The summed E-state index contributed by atoms with van der Waals surface area (Å²) in [7, 11) is 1.39. The molecule has 0 bridgehead atoms. The molecule has 1 heterocycles. The van der Waals surface area contributed by atoms with Crippen molar-refractivity contribution in [2.45, 2.75) is 25.2 Å². The number of imide groups is 1. The number of nitrogens with zero attached hydrogens (tertiary/aromatic N) is 1. The van der Waals surface area contributed by atoms with Crippen molar-refractivity contribution < 1.29 is 34.1 Å². The maximum Gasteiger partial charge on any atom is 0.233 e. The second-order valence-electron chi connectivity index (χ2n) is 10.7. The Kier molecular flexibility index (Phi) is 6.90. The van der Waals surface area contributed by atoms with Crippen molar-refractivity contribution in [3.63, 3.8) is 0 Å². The van der Waals surface area contributed by atoms with Crippen LogP contribution in [-0.2, 0) is 25.6 Å². The quantitative estimate of drug-likeness (QED) is 0.275. The zero-order chi connectivity index (χ0) is 29.2. The van der Waals surface area contributed by atoms with Crippen LogP contribution in [0.3, 0.4) is 0 Å². The fourth-order valence-corrected chi connectivity index (χ4v) is 7.36. The Morgan fingerprint density at radius 3 is 2.49 bits per heavy atom. The topological polar surface area (TPSA) is 121 Å². The van der Waals surface area contributed by atoms with E-state index in [1.807, 2.05) is 6.08 Å². The van der Waals surface area contributed by atoms with Crippen LogP contribution in [0.1, 0.15) is 29.9 Å². The van der Waals surface area contributed by atoms with Gasteiger partial charge in [-0.3, -0.25) is 24.1 Å². The molecular formula is C31H25BrClNO7. The van der Waals surface area contributed by atoms with Gasteiger partial charge in [0.2, 0.25) is 11.8 Å². The molecule has 1 fully saturated rings. The summed E-state index contributed by atoms with van der Waals surface area (Å²) in [6.07, 6.45) is 4.10. The molecule has 2 N–H and O–H groups in total. The Morgan fingerprint density at radius 1 is 1.05 bits per heavy atom. The summed E-state index contributed by atoms with van der Waals surface area (Å²) in [4.78, 5) is 55.4. The Labute approximate surface area is 249 Å². The summed E-state index contributed by atoms with van der Waals surface area (Å²) in [5.41, 5.74) is 2.82. The minimum Gasteiger partial charge on any atom is -0.508 e. The predicted molar refractivity (Wildman–Crippen MR) is 153 cm³/mol. The number of amides is 2. The number of aromatic hydroxyl groups is 2. The SMILES string of the molecule is COc1cc(C2C3=CCC4C(=O)N(CCc5ccc(O)cc5)C(=O)C4C3CC3=C2C(=O)C=C(Br)C3=O)cc(Cl)c1O. The number of rotatable bonds is 5. The lowest BCUT2D eigenvalue weighted by molar-refractivity contribution is -0.140. The average Bonchev–Trinajstić information content (AvgIpc) is 3.20. The first-order chi connectivity index (χ1) is 19.6. The molecule has 2 aromatic carbocycles. The van der Waals surface area contributed by atoms with Crippen LogP contribution in [0, 0.1) is 17.8 Å². The Morgan fingerprint density at radius 2 is 1.78 bits per heavy atom. The van der Waals surface area contributed by atoms with Crippen LogP contribution in [0.15, 0.2) is 69.8 Å². The average molecular weight is 639 g/mol. The number of benzene rings is 2. The highest BCUT2D eigenvalue weighted by atomic mass is 79.9. The molecule has 8 nitrogen and oxygen atoms in total. The van der Waals surface area contributed by atoms with Gasteiger partial charge >= 0.3 is 0 Å². The first kappa shape index (κ1) is 27.5. The zero-order valence-electron chi connectivity index (χ0n) is 21.9. The molecule has 6 rings (SSSR count). The highest BCUT2D eigenvalue weighted by Crippen LogP contribution is 2.56. The molecule has 4 atom stereocenters. The lowest BCUT2D eigenvalue weighted by atomic mass is 9.59. The van der Waals surface area contributed by atoms with Crippen molar-refractivity contribution in [3.05, 3.63) is 85.9 Å². The third kappa shape index (κ3) is 4.42. The number of hydrogen-bond acceptors (Lipinski definition) is 7. The molecule has 210 valence electrons. The molecule has 1 aliphatic heterocycles. The monoisotopic (exact) mass is 637 g/mol. The van der Waals surface area contributed by atoms with E-state index >= 15 is 0 Å². The number of carbonyl (C=O) groups is 4. The van der Waals surface area contributed by atoms with E-state index in [0.717, 1.165) is 11.1 Å². The summed E-state index contributed by atoms with van der Waals surface area (Å²) in [5.74, 6) is -3.62. The number of phenols is 2. The van der Waals surface area contributed by atoms with Crippen LogP contribution in [-0.4, -0.2) is 52.1 Å². The number of Topliss-reactive ketones (excluding diaryl/α,β-unsaturated/α-hetero) is 1. The van der Waals surface area contributed by atoms with Gasteiger partial charge in [-0.05, 0) is 76.5 Å². The maximum absolute atomic E-state index is 13.9. The van der Waals surface area contributed by atoms with Gasteiger partial charge in [-0.15, -0.1) is 0 Å². The fraction of sp³-hybridized carbons (Fsp3) is 0.290. The number of allylic oxidation sites excluding steroid dienone is 6. The molecule has 0 radical (unpaired) electrons. The van der Waals surface area contributed by atoms with Gasteiger partial charge in [-0.1, -0.05) is 35.4 Å². The summed E-state index contributed by atoms with van der Waals surface area (Å²) >= 11 is 9.57. The van der Waals surface area contributed by atoms with Crippen LogP contribution >= 0.6 is 27.5 Å². The smallest absolute Gasteiger partial charge is 0.233 e.